The third-order valence-corrected chi connectivity index (χ3v) is 16.2. The number of likely N-dealkylation sites (N-methyl/N-ethyl adjacent to an activating group) is 2. The number of ketones is 5. The van der Waals surface area contributed by atoms with Crippen molar-refractivity contribution >= 4 is 46.3 Å². The van der Waals surface area contributed by atoms with Crippen LogP contribution in [-0.2, 0) is 54.5 Å². The second-order valence-electron chi connectivity index (χ2n) is 23.1. The number of hydrogen-bond donors (Lipinski definition) is 9. The Morgan fingerprint density at radius 1 is 0.662 bits per heavy atom. The molecule has 17 nitrogen and oxygen atoms in total. The smallest absolute Gasteiger partial charge is 0.255 e. The first-order chi connectivity index (χ1) is 35.1. The van der Waals surface area contributed by atoms with Gasteiger partial charge in [-0.25, -0.2) is 17.6 Å². The third-order valence-electron chi connectivity index (χ3n) is 16.2. The second kappa shape index (κ2) is 20.8. The average Bonchev–Trinajstić information content (AvgIpc) is 3.31. The summed E-state index contributed by atoms with van der Waals surface area (Å²) in [7, 11) is 5.97. The molecule has 0 unspecified atom stereocenters. The van der Waals surface area contributed by atoms with E-state index in [1.54, 1.807) is 0 Å². The molecule has 0 radical (unpaired) electrons. The molecule has 0 aliphatic heterocycles. The maximum Gasteiger partial charge on any atom is 0.255 e. The number of Topliss-reactive ketones (excluding diaryl/α,β-unsaturated/α-hetero) is 5. The first-order valence-corrected chi connectivity index (χ1v) is 25.0. The fourth-order valence-electron chi connectivity index (χ4n) is 12.5. The van der Waals surface area contributed by atoms with Crippen molar-refractivity contribution in [3.63, 3.8) is 0 Å². The molecule has 0 saturated heterocycles. The molecule has 6 aliphatic rings. The van der Waals surface area contributed by atoms with Crippen LogP contribution in [0, 0.1) is 58.3 Å². The van der Waals surface area contributed by atoms with Crippen LogP contribution in [-0.4, -0.2) is 137 Å². The number of hydrogen-bond acceptors (Lipinski definition) is 16. The highest BCUT2D eigenvalue weighted by molar-refractivity contribution is 6.26. The number of halogens is 4. The predicted molar refractivity (Wildman–Crippen MR) is 272 cm³/mol. The highest BCUT2D eigenvalue weighted by Crippen LogP contribution is 2.56. The molecular weight excluding hydrogens is 1010 g/mol. The summed E-state index contributed by atoms with van der Waals surface area (Å²) >= 11 is 0. The van der Waals surface area contributed by atoms with Gasteiger partial charge in [0.15, 0.2) is 51.8 Å². The molecule has 0 aromatic heterocycles. The lowest BCUT2D eigenvalue weighted by Gasteiger charge is -2.50. The van der Waals surface area contributed by atoms with Crippen molar-refractivity contribution in [2.75, 3.05) is 28.2 Å². The topological polar surface area (TPSA) is 297 Å². The van der Waals surface area contributed by atoms with E-state index in [-0.39, 0.29) is 85.1 Å². The van der Waals surface area contributed by atoms with E-state index < -0.39 is 167 Å². The minimum absolute atomic E-state index is 0. The number of primary amides is 1. The minimum Gasteiger partial charge on any atom is -0.508 e. The molecule has 0 heterocycles. The Morgan fingerprint density at radius 3 is 1.39 bits per heavy atom. The standard InChI is InChI=1S/C28H34F2N2O7.C27H31F2NO7.CH4/c1-27(2,3)8-6-7-12-18(29)19(30)13-9-11-10-14-20(32(4)5)23(35)17(26(31)38)25(37)28(14,39)24(36)15(11)22(34)16(13)21(12)33;1-10(2)6-7-13-19(28)20(29)14-8-12-9-15-21(30(4)5)24(34)16(11(3)31)25(35)27(15,37)26(36)17(12)23(33)18(14)22(13)32;/h11,14,20,33-34,37,39H,6-10H2,1-5H3,(H2,31,38);10,12,15,21,32-33,35,37H,6-9H2,1-5H3;1H4/t11-,14-,20-,28-;12-,15-,21-,27+;/m00./s1. The minimum atomic E-state index is -2.80. The van der Waals surface area contributed by atoms with Crippen LogP contribution >= 0.6 is 0 Å². The molecule has 6 aliphatic carbocycles. The summed E-state index contributed by atoms with van der Waals surface area (Å²) in [4.78, 5) is 80.9. The van der Waals surface area contributed by atoms with Gasteiger partial charge < -0.3 is 46.6 Å². The summed E-state index contributed by atoms with van der Waals surface area (Å²) in [6, 6.07) is -2.44. The fraction of sp³-hybridized carbons (Fsp3) is 0.536. The normalized spacial score (nSPS) is 26.9. The third kappa shape index (κ3) is 9.23. The van der Waals surface area contributed by atoms with Crippen LogP contribution in [0.3, 0.4) is 0 Å². The molecule has 1 amide bonds. The number of nitrogens with zero attached hydrogens (tertiary/aromatic N) is 2. The number of rotatable bonds is 10. The van der Waals surface area contributed by atoms with E-state index in [2.05, 4.69) is 0 Å². The summed E-state index contributed by atoms with van der Waals surface area (Å²) < 4.78 is 60.8. The van der Waals surface area contributed by atoms with Gasteiger partial charge in [0, 0.05) is 45.2 Å². The number of aliphatic hydroxyl groups is 6. The lowest BCUT2D eigenvalue weighted by molar-refractivity contribution is -0.155. The van der Waals surface area contributed by atoms with Crippen LogP contribution in [0.15, 0.2) is 33.8 Å². The number of carbonyl (C=O) groups is 6. The summed E-state index contributed by atoms with van der Waals surface area (Å²) in [5.41, 5.74) is -4.88. The van der Waals surface area contributed by atoms with Crippen LogP contribution in [0.1, 0.15) is 114 Å². The van der Waals surface area contributed by atoms with Gasteiger partial charge in [0.2, 0.25) is 11.6 Å². The van der Waals surface area contributed by atoms with E-state index in [1.165, 1.54) is 38.0 Å². The van der Waals surface area contributed by atoms with Crippen LogP contribution in [0.5, 0.6) is 11.5 Å². The van der Waals surface area contributed by atoms with Crippen molar-refractivity contribution < 1.29 is 87.2 Å². The lowest BCUT2D eigenvalue weighted by atomic mass is 9.57. The SMILES string of the molecule is C.CC(=O)C1=C(O)[C@@]2(O)C(=O)C3=C(O)c4c(O)c(CCC(C)C)c(F)c(F)c4C[C@H]3C[C@H]2[C@H](N(C)C)C1=O.CN(C)[C@@H]1C(=O)C(C(N)=O)=C(O)[C@@]2(O)C(=O)C3=C(O)c4c(O)c(CCCC(C)(C)C)c(F)c(F)c4C[C@H]3C[C@@H]12. The predicted octanol–water partition coefficient (Wildman–Crippen LogP) is 6.18. The molecule has 2 saturated carbocycles. The molecule has 77 heavy (non-hydrogen) atoms. The van der Waals surface area contributed by atoms with Gasteiger partial charge in [-0.05, 0) is 116 Å². The van der Waals surface area contributed by atoms with Crippen LogP contribution in [0.4, 0.5) is 17.6 Å². The van der Waals surface area contributed by atoms with Crippen molar-refractivity contribution in [1.82, 2.24) is 9.80 Å². The average molecular weight is 1080 g/mol. The number of carbonyl (C=O) groups excluding carboxylic acids is 6. The molecule has 8 rings (SSSR count). The Morgan fingerprint density at radius 2 is 1.04 bits per heavy atom. The van der Waals surface area contributed by atoms with E-state index in [9.17, 15) is 74.0 Å². The van der Waals surface area contributed by atoms with Crippen LogP contribution in [0.25, 0.3) is 11.5 Å². The number of phenols is 2. The first-order valence-electron chi connectivity index (χ1n) is 25.0. The Balaban J connectivity index is 0.000000247. The van der Waals surface area contributed by atoms with Gasteiger partial charge in [-0.15, -0.1) is 0 Å². The van der Waals surface area contributed by atoms with Crippen molar-refractivity contribution in [2.45, 2.75) is 130 Å². The molecule has 8 atom stereocenters. The van der Waals surface area contributed by atoms with Crippen molar-refractivity contribution in [3.8, 4) is 11.5 Å². The molecular formula is C56H69F4N3O14. The molecule has 0 spiro atoms. The first kappa shape index (κ1) is 59.8. The number of phenolic OH excluding ortho intramolecular Hbond substituents is 2. The van der Waals surface area contributed by atoms with E-state index in [1.807, 2.05) is 34.6 Å². The zero-order valence-corrected chi connectivity index (χ0v) is 43.9. The summed E-state index contributed by atoms with van der Waals surface area (Å²) in [6.45, 7) is 10.7. The Labute approximate surface area is 443 Å². The van der Waals surface area contributed by atoms with Crippen molar-refractivity contribution in [3.05, 3.63) is 90.5 Å². The second-order valence-corrected chi connectivity index (χ2v) is 23.1. The van der Waals surface area contributed by atoms with Crippen LogP contribution in [0.2, 0.25) is 0 Å². The maximum atomic E-state index is 15.4. The fourth-order valence-corrected chi connectivity index (χ4v) is 12.5. The van der Waals surface area contributed by atoms with E-state index in [0.29, 0.717) is 19.3 Å². The number of benzene rings is 2. The van der Waals surface area contributed by atoms with Gasteiger partial charge in [0.25, 0.3) is 5.91 Å². The van der Waals surface area contributed by atoms with Crippen molar-refractivity contribution in [2.24, 2.45) is 40.7 Å². The Bertz CT molecular complexity index is 3060. The van der Waals surface area contributed by atoms with E-state index in [4.69, 9.17) is 5.73 Å². The molecule has 10 N–H and O–H groups in total. The summed E-state index contributed by atoms with van der Waals surface area (Å²) in [5, 5.41) is 89.3. The van der Waals surface area contributed by atoms with E-state index in [0.717, 1.165) is 6.92 Å². The maximum absolute atomic E-state index is 15.4. The van der Waals surface area contributed by atoms with Gasteiger partial charge >= 0.3 is 0 Å². The van der Waals surface area contributed by atoms with Crippen molar-refractivity contribution in [1.29, 1.82) is 0 Å². The van der Waals surface area contributed by atoms with Gasteiger partial charge in [0.1, 0.15) is 45.7 Å². The summed E-state index contributed by atoms with van der Waals surface area (Å²) in [6.07, 6.45) is 0.484. The number of amides is 1. The highest BCUT2D eigenvalue weighted by Gasteiger charge is 2.66. The Hall–Kier alpha value is -6.42. The summed E-state index contributed by atoms with van der Waals surface area (Å²) in [5.74, 6) is -20.8. The van der Waals surface area contributed by atoms with Gasteiger partial charge in [0.05, 0.1) is 23.2 Å². The monoisotopic (exact) mass is 1080 g/mol. The molecule has 420 valence electrons. The Kier molecular flexibility index (Phi) is 16.1. The number of aromatic hydroxyl groups is 2. The van der Waals surface area contributed by atoms with Gasteiger partial charge in [-0.2, -0.15) is 0 Å². The number of aliphatic hydroxyl groups excluding tert-OH is 4. The molecule has 2 fully saturated rings. The number of fused-ring (bicyclic) bond motifs is 6. The zero-order valence-electron chi connectivity index (χ0n) is 43.9. The molecule has 0 bridgehead atoms. The zero-order chi connectivity index (χ0) is 57.1. The quantitative estimate of drug-likeness (QED) is 0.0948. The molecule has 2 aromatic carbocycles. The highest BCUT2D eigenvalue weighted by atomic mass is 19.2. The molecule has 21 heteroatoms. The largest absolute Gasteiger partial charge is 0.508 e. The van der Waals surface area contributed by atoms with Gasteiger partial charge in [-0.3, -0.25) is 38.6 Å². The molecule has 2 aromatic rings. The number of nitrogens with two attached hydrogens (primary N) is 1. The van der Waals surface area contributed by atoms with Crippen LogP contribution < -0.4 is 5.73 Å². The lowest BCUT2D eigenvalue weighted by Crippen LogP contribution is -2.65. The van der Waals surface area contributed by atoms with E-state index >= 15 is 13.2 Å². The van der Waals surface area contributed by atoms with Gasteiger partial charge in [-0.1, -0.05) is 42.0 Å².